The van der Waals surface area contributed by atoms with Crippen molar-refractivity contribution in [1.29, 1.82) is 0 Å². The summed E-state index contributed by atoms with van der Waals surface area (Å²) in [6.07, 6.45) is 0. The predicted molar refractivity (Wildman–Crippen MR) is 55.0 cm³/mol. The third-order valence-corrected chi connectivity index (χ3v) is 2.45. The molecule has 0 radical (unpaired) electrons. The van der Waals surface area contributed by atoms with Crippen LogP contribution in [-0.4, -0.2) is 22.5 Å². The average molecular weight is 205 g/mol. The summed E-state index contributed by atoms with van der Waals surface area (Å²) >= 11 is 0. The maximum Gasteiger partial charge on any atom is 0.145 e. The largest absolute Gasteiger partial charge is 0.484 e. The molecule has 0 spiro atoms. The Morgan fingerprint density at radius 1 is 1.27 bits per heavy atom. The van der Waals surface area contributed by atoms with Gasteiger partial charge in [-0.2, -0.15) is 0 Å². The van der Waals surface area contributed by atoms with E-state index in [0.717, 1.165) is 23.5 Å². The van der Waals surface area contributed by atoms with Gasteiger partial charge < -0.3 is 10.1 Å². The second kappa shape index (κ2) is 2.62. The van der Waals surface area contributed by atoms with E-state index in [1.54, 1.807) is 0 Å². The molecule has 1 aliphatic heterocycles. The second-order valence-corrected chi connectivity index (χ2v) is 4.32. The lowest BCUT2D eigenvalue weighted by Gasteiger charge is -2.33. The lowest BCUT2D eigenvalue weighted by atomic mass is 10.1. The molecule has 2 aromatic rings. The normalized spacial score (nSPS) is 18.0. The smallest absolute Gasteiger partial charge is 0.145 e. The Morgan fingerprint density at radius 3 is 2.80 bits per heavy atom. The monoisotopic (exact) mass is 205 g/mol. The van der Waals surface area contributed by atoms with Gasteiger partial charge in [-0.3, -0.25) is 0 Å². The first-order chi connectivity index (χ1) is 7.14. The molecule has 5 nitrogen and oxygen atoms in total. The standard InChI is InChI=1S/C10H11N3O2/c1-10(2)5-11-8-3-6-7(13-15-12-6)4-9(8)14-10/h3-4,11H,5H2,1-2H3. The molecule has 0 fully saturated rings. The van der Waals surface area contributed by atoms with Gasteiger partial charge in [0.25, 0.3) is 0 Å². The zero-order valence-electron chi connectivity index (χ0n) is 8.57. The highest BCUT2D eigenvalue weighted by molar-refractivity contribution is 5.82. The number of nitrogens with zero attached hydrogens (tertiary/aromatic N) is 2. The zero-order valence-corrected chi connectivity index (χ0v) is 8.57. The number of nitrogens with one attached hydrogen (secondary N) is 1. The molecule has 0 amide bonds. The summed E-state index contributed by atoms with van der Waals surface area (Å²) in [5.41, 5.74) is 2.20. The van der Waals surface area contributed by atoms with Crippen molar-refractivity contribution in [2.45, 2.75) is 19.4 Å². The molecule has 5 heteroatoms. The van der Waals surface area contributed by atoms with Crippen molar-refractivity contribution in [3.8, 4) is 5.75 Å². The Kier molecular flexibility index (Phi) is 1.49. The minimum atomic E-state index is -0.197. The number of benzene rings is 1. The molecule has 0 atom stereocenters. The summed E-state index contributed by atoms with van der Waals surface area (Å²) in [6.45, 7) is 4.85. The van der Waals surface area contributed by atoms with Crippen LogP contribution in [0.2, 0.25) is 0 Å². The molecule has 1 aliphatic rings. The van der Waals surface area contributed by atoms with Crippen molar-refractivity contribution in [1.82, 2.24) is 10.3 Å². The lowest BCUT2D eigenvalue weighted by molar-refractivity contribution is 0.116. The van der Waals surface area contributed by atoms with Crippen molar-refractivity contribution >= 4 is 16.7 Å². The molecule has 15 heavy (non-hydrogen) atoms. The minimum absolute atomic E-state index is 0.197. The summed E-state index contributed by atoms with van der Waals surface area (Å²) in [4.78, 5) is 0. The highest BCUT2D eigenvalue weighted by atomic mass is 16.6. The molecule has 0 saturated heterocycles. The molecular weight excluding hydrogens is 194 g/mol. The molecule has 78 valence electrons. The van der Waals surface area contributed by atoms with Crippen LogP contribution in [0.3, 0.4) is 0 Å². The van der Waals surface area contributed by atoms with E-state index in [-0.39, 0.29) is 5.60 Å². The third-order valence-electron chi connectivity index (χ3n) is 2.45. The van der Waals surface area contributed by atoms with Gasteiger partial charge in [0.15, 0.2) is 0 Å². The van der Waals surface area contributed by atoms with E-state index in [9.17, 15) is 0 Å². The van der Waals surface area contributed by atoms with E-state index in [1.807, 2.05) is 26.0 Å². The van der Waals surface area contributed by atoms with Gasteiger partial charge in [-0.15, -0.1) is 0 Å². The number of hydrogen-bond acceptors (Lipinski definition) is 5. The van der Waals surface area contributed by atoms with Crippen LogP contribution in [0, 0.1) is 0 Å². The number of aromatic nitrogens is 2. The van der Waals surface area contributed by atoms with Gasteiger partial charge in [-0.05, 0) is 30.2 Å². The van der Waals surface area contributed by atoms with Gasteiger partial charge in [-0.25, -0.2) is 4.63 Å². The summed E-state index contributed by atoms with van der Waals surface area (Å²) in [5.74, 6) is 0.800. The fraction of sp³-hybridized carbons (Fsp3) is 0.400. The molecule has 1 N–H and O–H groups in total. The quantitative estimate of drug-likeness (QED) is 0.710. The van der Waals surface area contributed by atoms with Crippen molar-refractivity contribution in [2.24, 2.45) is 0 Å². The third kappa shape index (κ3) is 1.31. The molecule has 0 aliphatic carbocycles. The van der Waals surface area contributed by atoms with Crippen molar-refractivity contribution in [2.75, 3.05) is 11.9 Å². The maximum atomic E-state index is 5.82. The van der Waals surface area contributed by atoms with E-state index in [2.05, 4.69) is 20.3 Å². The number of hydrogen-bond donors (Lipinski definition) is 1. The fourth-order valence-electron chi connectivity index (χ4n) is 1.68. The van der Waals surface area contributed by atoms with E-state index in [0.29, 0.717) is 5.52 Å². The van der Waals surface area contributed by atoms with Gasteiger partial charge in [-0.1, -0.05) is 0 Å². The van der Waals surface area contributed by atoms with Crippen molar-refractivity contribution in [3.63, 3.8) is 0 Å². The SMILES string of the molecule is CC1(C)CNc2cc3nonc3cc2O1. The van der Waals surface area contributed by atoms with E-state index in [1.165, 1.54) is 0 Å². The number of rotatable bonds is 0. The van der Waals surface area contributed by atoms with E-state index < -0.39 is 0 Å². The molecule has 0 saturated carbocycles. The Balaban J connectivity index is 2.16. The lowest BCUT2D eigenvalue weighted by Crippen LogP contribution is -2.39. The van der Waals surface area contributed by atoms with Crippen LogP contribution in [0.25, 0.3) is 11.0 Å². The highest BCUT2D eigenvalue weighted by Gasteiger charge is 2.27. The summed E-state index contributed by atoms with van der Waals surface area (Å²) < 4.78 is 10.5. The molecule has 1 aromatic carbocycles. The minimum Gasteiger partial charge on any atom is -0.484 e. The number of anilines is 1. The zero-order chi connectivity index (χ0) is 10.5. The molecule has 0 bridgehead atoms. The predicted octanol–water partition coefficient (Wildman–Crippen LogP) is 1.81. The second-order valence-electron chi connectivity index (χ2n) is 4.32. The van der Waals surface area contributed by atoms with Gasteiger partial charge in [0.05, 0.1) is 12.2 Å². The molecule has 3 rings (SSSR count). The first-order valence-electron chi connectivity index (χ1n) is 4.83. The Labute approximate surface area is 86.4 Å². The van der Waals surface area contributed by atoms with Crippen LogP contribution < -0.4 is 10.1 Å². The van der Waals surface area contributed by atoms with Crippen LogP contribution >= 0.6 is 0 Å². The van der Waals surface area contributed by atoms with Crippen LogP contribution in [0.4, 0.5) is 5.69 Å². The number of fused-ring (bicyclic) bond motifs is 2. The highest BCUT2D eigenvalue weighted by Crippen LogP contribution is 2.35. The number of ether oxygens (including phenoxy) is 1. The Hall–Kier alpha value is -1.78. The summed E-state index contributed by atoms with van der Waals surface area (Å²) in [7, 11) is 0. The Bertz CT molecular complexity index is 518. The van der Waals surface area contributed by atoms with E-state index in [4.69, 9.17) is 4.74 Å². The van der Waals surface area contributed by atoms with Gasteiger partial charge in [0, 0.05) is 6.07 Å². The van der Waals surface area contributed by atoms with Crippen LogP contribution in [0.5, 0.6) is 5.75 Å². The molecule has 1 aromatic heterocycles. The van der Waals surface area contributed by atoms with Crippen LogP contribution in [0.1, 0.15) is 13.8 Å². The van der Waals surface area contributed by atoms with Gasteiger partial charge >= 0.3 is 0 Å². The molecular formula is C10H11N3O2. The molecule has 0 unspecified atom stereocenters. The van der Waals surface area contributed by atoms with E-state index >= 15 is 0 Å². The Morgan fingerprint density at radius 2 is 2.00 bits per heavy atom. The first-order valence-corrected chi connectivity index (χ1v) is 4.83. The maximum absolute atomic E-state index is 5.82. The van der Waals surface area contributed by atoms with Crippen molar-refractivity contribution < 1.29 is 9.37 Å². The summed E-state index contributed by atoms with van der Waals surface area (Å²) in [6, 6.07) is 3.73. The fourth-order valence-corrected chi connectivity index (χ4v) is 1.68. The van der Waals surface area contributed by atoms with Crippen molar-refractivity contribution in [3.05, 3.63) is 12.1 Å². The van der Waals surface area contributed by atoms with Crippen LogP contribution in [-0.2, 0) is 0 Å². The first kappa shape index (κ1) is 8.52. The van der Waals surface area contributed by atoms with Gasteiger partial charge in [0.1, 0.15) is 22.4 Å². The summed E-state index contributed by atoms with van der Waals surface area (Å²) in [5, 5.41) is 10.9. The average Bonchev–Trinajstić information content (AvgIpc) is 2.60. The van der Waals surface area contributed by atoms with Gasteiger partial charge in [0.2, 0.25) is 0 Å². The van der Waals surface area contributed by atoms with Crippen LogP contribution in [0.15, 0.2) is 16.8 Å². The molecule has 2 heterocycles. The topological polar surface area (TPSA) is 60.2 Å².